The molecule has 0 saturated carbocycles. The summed E-state index contributed by atoms with van der Waals surface area (Å²) in [5.74, 6) is 5.67. The molecule has 0 radical (unpaired) electrons. The molecule has 0 aliphatic heterocycles. The molecule has 0 aliphatic rings. The lowest BCUT2D eigenvalue weighted by Gasteiger charge is -1.99. The first-order valence-electron chi connectivity index (χ1n) is 4.96. The van der Waals surface area contributed by atoms with Gasteiger partial charge in [-0.3, -0.25) is 10.1 Å². The van der Waals surface area contributed by atoms with Crippen molar-refractivity contribution in [3.8, 4) is 0 Å². The summed E-state index contributed by atoms with van der Waals surface area (Å²) in [5.41, 5.74) is 2.84. The molecule has 1 heterocycles. The predicted molar refractivity (Wildman–Crippen MR) is 69.5 cm³/mol. The van der Waals surface area contributed by atoms with Crippen LogP contribution in [0.3, 0.4) is 0 Å². The lowest BCUT2D eigenvalue weighted by Crippen LogP contribution is -2.10. The van der Waals surface area contributed by atoms with Gasteiger partial charge in [0, 0.05) is 22.7 Å². The van der Waals surface area contributed by atoms with Gasteiger partial charge in [-0.15, -0.1) is 10.2 Å². The zero-order valence-electron chi connectivity index (χ0n) is 9.39. The predicted octanol–water partition coefficient (Wildman–Crippen LogP) is 0.999. The summed E-state index contributed by atoms with van der Waals surface area (Å²) in [7, 11) is 0. The fourth-order valence-corrected chi connectivity index (χ4v) is 1.39. The van der Waals surface area contributed by atoms with Gasteiger partial charge in [-0.2, -0.15) is 5.10 Å². The van der Waals surface area contributed by atoms with Gasteiger partial charge in [0.15, 0.2) is 0 Å². The van der Waals surface area contributed by atoms with Crippen molar-refractivity contribution in [2.75, 3.05) is 11.3 Å². The van der Waals surface area contributed by atoms with E-state index in [9.17, 15) is 10.1 Å². The number of nitro groups is 1. The molecule has 3 N–H and O–H groups in total. The largest absolute Gasteiger partial charge is 0.335 e. The smallest absolute Gasteiger partial charge is 0.270 e. The molecule has 2 aromatic rings. The van der Waals surface area contributed by atoms with Crippen LogP contribution in [0.2, 0.25) is 5.02 Å². The molecule has 9 nitrogen and oxygen atoms in total. The summed E-state index contributed by atoms with van der Waals surface area (Å²) < 4.78 is 1.13. The Kier molecular flexibility index (Phi) is 3.57. The number of nitro benzene ring substituents is 1. The number of nitrogens with two attached hydrogens (primary N) is 1. The number of non-ortho nitro benzene ring substituents is 1. The number of halogens is 1. The first-order valence-corrected chi connectivity index (χ1v) is 5.34. The van der Waals surface area contributed by atoms with Gasteiger partial charge in [-0.1, -0.05) is 11.6 Å². The van der Waals surface area contributed by atoms with Crippen molar-refractivity contribution < 1.29 is 4.92 Å². The molecular formula is C9H8ClN7O2. The van der Waals surface area contributed by atoms with Crippen LogP contribution >= 0.6 is 11.6 Å². The fourth-order valence-electron chi connectivity index (χ4n) is 1.23. The van der Waals surface area contributed by atoms with Crippen molar-refractivity contribution in [1.29, 1.82) is 0 Å². The number of nitrogens with one attached hydrogen (secondary N) is 1. The molecule has 98 valence electrons. The Balaban J connectivity index is 2.16. The van der Waals surface area contributed by atoms with Gasteiger partial charge in [-0.05, 0) is 6.07 Å². The molecule has 1 aromatic heterocycles. The van der Waals surface area contributed by atoms with Crippen LogP contribution in [0.1, 0.15) is 5.56 Å². The van der Waals surface area contributed by atoms with Crippen LogP contribution in [0.15, 0.2) is 29.6 Å². The van der Waals surface area contributed by atoms with E-state index in [2.05, 4.69) is 20.7 Å². The second-order valence-corrected chi connectivity index (χ2v) is 3.80. The van der Waals surface area contributed by atoms with E-state index in [0.717, 1.165) is 4.68 Å². The van der Waals surface area contributed by atoms with Gasteiger partial charge >= 0.3 is 0 Å². The van der Waals surface area contributed by atoms with E-state index in [1.54, 1.807) is 0 Å². The second kappa shape index (κ2) is 5.31. The highest BCUT2D eigenvalue weighted by molar-refractivity contribution is 6.33. The topological polar surface area (TPSA) is 124 Å². The fraction of sp³-hybridized carbons (Fsp3) is 0. The third kappa shape index (κ3) is 2.96. The first kappa shape index (κ1) is 12.8. The van der Waals surface area contributed by atoms with Crippen molar-refractivity contribution in [1.82, 2.24) is 14.9 Å². The third-order valence-electron chi connectivity index (χ3n) is 2.13. The lowest BCUT2D eigenvalue weighted by atomic mass is 10.2. The van der Waals surface area contributed by atoms with E-state index in [1.807, 2.05) is 0 Å². The van der Waals surface area contributed by atoms with Crippen LogP contribution in [-0.4, -0.2) is 26.0 Å². The number of aromatic nitrogens is 3. The zero-order valence-corrected chi connectivity index (χ0v) is 10.2. The van der Waals surface area contributed by atoms with E-state index in [0.29, 0.717) is 10.6 Å². The molecular weight excluding hydrogens is 274 g/mol. The lowest BCUT2D eigenvalue weighted by molar-refractivity contribution is -0.384. The van der Waals surface area contributed by atoms with Crippen LogP contribution in [0.4, 0.5) is 11.6 Å². The Morgan fingerprint density at radius 2 is 2.37 bits per heavy atom. The van der Waals surface area contributed by atoms with E-state index in [-0.39, 0.29) is 11.6 Å². The SMILES string of the molecule is Nn1cnnc1N/N=C/c1cc([N+](=O)[O-])ccc1Cl. The van der Waals surface area contributed by atoms with E-state index in [4.69, 9.17) is 17.4 Å². The van der Waals surface area contributed by atoms with Crippen molar-refractivity contribution in [3.63, 3.8) is 0 Å². The minimum Gasteiger partial charge on any atom is -0.335 e. The molecule has 10 heteroatoms. The van der Waals surface area contributed by atoms with Gasteiger partial charge in [-0.25, -0.2) is 10.1 Å². The molecule has 0 bridgehead atoms. The van der Waals surface area contributed by atoms with Crippen molar-refractivity contribution in [2.24, 2.45) is 5.10 Å². The highest BCUT2D eigenvalue weighted by Gasteiger charge is 2.08. The quantitative estimate of drug-likeness (QED) is 0.373. The molecule has 0 unspecified atom stereocenters. The third-order valence-corrected chi connectivity index (χ3v) is 2.48. The summed E-state index contributed by atoms with van der Waals surface area (Å²) in [6, 6.07) is 4.04. The molecule has 1 aromatic carbocycles. The Morgan fingerprint density at radius 1 is 1.58 bits per heavy atom. The Bertz CT molecular complexity index is 639. The molecule has 0 atom stereocenters. The Labute approximate surface area is 111 Å². The summed E-state index contributed by atoms with van der Waals surface area (Å²) in [6.45, 7) is 0. The van der Waals surface area contributed by atoms with Gasteiger partial charge in [0.05, 0.1) is 11.1 Å². The molecule has 0 saturated heterocycles. The number of rotatable bonds is 4. The molecule has 0 aliphatic carbocycles. The number of anilines is 1. The number of hydrogen-bond donors (Lipinski definition) is 2. The maximum atomic E-state index is 10.6. The van der Waals surface area contributed by atoms with Gasteiger partial charge in [0.2, 0.25) is 0 Å². The first-order chi connectivity index (χ1) is 9.08. The number of hydrogen-bond acceptors (Lipinski definition) is 7. The number of nitrogen functional groups attached to an aromatic ring is 1. The Morgan fingerprint density at radius 3 is 3.00 bits per heavy atom. The molecule has 19 heavy (non-hydrogen) atoms. The molecule has 0 fully saturated rings. The van der Waals surface area contributed by atoms with E-state index >= 15 is 0 Å². The maximum absolute atomic E-state index is 10.6. The molecule has 2 rings (SSSR count). The Hall–Kier alpha value is -2.68. The number of benzene rings is 1. The monoisotopic (exact) mass is 281 g/mol. The number of nitrogens with zero attached hydrogens (tertiary/aromatic N) is 5. The van der Waals surface area contributed by atoms with E-state index in [1.165, 1.54) is 30.7 Å². The van der Waals surface area contributed by atoms with Crippen molar-refractivity contribution in [2.45, 2.75) is 0 Å². The van der Waals surface area contributed by atoms with Crippen LogP contribution < -0.4 is 11.3 Å². The minimum atomic E-state index is -0.516. The normalized spacial score (nSPS) is 10.8. The van der Waals surface area contributed by atoms with Crippen LogP contribution in [-0.2, 0) is 0 Å². The average Bonchev–Trinajstić information content (AvgIpc) is 2.77. The number of hydrazone groups is 1. The van der Waals surface area contributed by atoms with Crippen molar-refractivity contribution >= 4 is 29.5 Å². The average molecular weight is 282 g/mol. The minimum absolute atomic E-state index is 0.0761. The summed E-state index contributed by atoms with van der Waals surface area (Å²) in [6.07, 6.45) is 2.61. The summed E-state index contributed by atoms with van der Waals surface area (Å²) in [4.78, 5) is 10.1. The van der Waals surface area contributed by atoms with Crippen LogP contribution in [0.25, 0.3) is 0 Å². The highest BCUT2D eigenvalue weighted by atomic mass is 35.5. The standard InChI is InChI=1S/C9H8ClN7O2/c10-8-2-1-7(17(18)19)3-6(8)4-12-14-9-15-13-5-16(9)11/h1-5H,11H2,(H,14,15)/b12-4+. The van der Waals surface area contributed by atoms with Crippen LogP contribution in [0.5, 0.6) is 0 Å². The molecule has 0 amide bonds. The van der Waals surface area contributed by atoms with E-state index < -0.39 is 4.92 Å². The second-order valence-electron chi connectivity index (χ2n) is 3.39. The molecule has 0 spiro atoms. The summed E-state index contributed by atoms with van der Waals surface area (Å²) >= 11 is 5.89. The van der Waals surface area contributed by atoms with Crippen LogP contribution in [0, 0.1) is 10.1 Å². The van der Waals surface area contributed by atoms with Gasteiger partial charge < -0.3 is 5.84 Å². The maximum Gasteiger partial charge on any atom is 0.270 e. The van der Waals surface area contributed by atoms with Gasteiger partial charge in [0.1, 0.15) is 6.33 Å². The highest BCUT2D eigenvalue weighted by Crippen LogP contribution is 2.20. The summed E-state index contributed by atoms with van der Waals surface area (Å²) in [5, 5.41) is 22.0. The van der Waals surface area contributed by atoms with Crippen molar-refractivity contribution in [3.05, 3.63) is 45.2 Å². The van der Waals surface area contributed by atoms with Gasteiger partial charge in [0.25, 0.3) is 11.6 Å². The zero-order chi connectivity index (χ0) is 13.8.